The Morgan fingerprint density at radius 3 is 2.82 bits per heavy atom. The summed E-state index contributed by atoms with van der Waals surface area (Å²) in [5, 5.41) is 1.13. The Labute approximate surface area is 174 Å². The molecule has 6 nitrogen and oxygen atoms in total. The van der Waals surface area contributed by atoms with Crippen molar-refractivity contribution in [2.24, 2.45) is 0 Å². The third-order valence-corrected chi connectivity index (χ3v) is 5.03. The molecule has 1 aromatic carbocycles. The van der Waals surface area contributed by atoms with Crippen LogP contribution in [0.15, 0.2) is 36.5 Å². The minimum atomic E-state index is -0.230. The van der Waals surface area contributed by atoms with E-state index in [2.05, 4.69) is 4.98 Å². The van der Waals surface area contributed by atoms with Gasteiger partial charge in [0.25, 0.3) is 5.91 Å². The van der Waals surface area contributed by atoms with Crippen molar-refractivity contribution in [2.75, 3.05) is 32.9 Å². The van der Waals surface area contributed by atoms with Crippen molar-refractivity contribution in [3.63, 3.8) is 0 Å². The Morgan fingerprint density at radius 2 is 2.07 bits per heavy atom. The van der Waals surface area contributed by atoms with E-state index in [0.29, 0.717) is 54.4 Å². The normalized spacial score (nSPS) is 16.8. The summed E-state index contributed by atoms with van der Waals surface area (Å²) in [5.41, 5.74) is 1.19. The zero-order chi connectivity index (χ0) is 19.9. The van der Waals surface area contributed by atoms with Crippen LogP contribution in [0.1, 0.15) is 22.8 Å². The van der Waals surface area contributed by atoms with Crippen molar-refractivity contribution in [1.82, 2.24) is 9.88 Å². The van der Waals surface area contributed by atoms with Crippen LogP contribution in [0.4, 0.5) is 0 Å². The molecular formula is C20H22Cl2N2O4. The molecule has 0 saturated carbocycles. The predicted octanol–water partition coefficient (Wildman–Crippen LogP) is 3.84. The van der Waals surface area contributed by atoms with Gasteiger partial charge in [-0.3, -0.25) is 4.79 Å². The van der Waals surface area contributed by atoms with Crippen LogP contribution >= 0.6 is 23.2 Å². The summed E-state index contributed by atoms with van der Waals surface area (Å²) >= 11 is 12.3. The number of amides is 1. The molecule has 1 amide bonds. The van der Waals surface area contributed by atoms with E-state index < -0.39 is 0 Å². The molecule has 1 saturated heterocycles. The third-order valence-electron chi connectivity index (χ3n) is 4.32. The van der Waals surface area contributed by atoms with Crippen LogP contribution in [0.3, 0.4) is 0 Å². The highest BCUT2D eigenvalue weighted by Crippen LogP contribution is 2.25. The number of aromatic nitrogens is 1. The van der Waals surface area contributed by atoms with E-state index in [1.54, 1.807) is 41.4 Å². The highest BCUT2D eigenvalue weighted by molar-refractivity contribution is 6.35. The summed E-state index contributed by atoms with van der Waals surface area (Å²) < 4.78 is 17.0. The minimum Gasteiger partial charge on any atom is -0.477 e. The van der Waals surface area contributed by atoms with Crippen molar-refractivity contribution < 1.29 is 19.0 Å². The van der Waals surface area contributed by atoms with E-state index in [1.807, 2.05) is 6.92 Å². The number of nitrogens with zero attached hydrogens (tertiary/aromatic N) is 2. The first-order valence-corrected chi connectivity index (χ1v) is 9.85. The number of rotatable bonds is 7. The van der Waals surface area contributed by atoms with Crippen molar-refractivity contribution >= 4 is 29.1 Å². The molecule has 2 aromatic rings. The first kappa shape index (κ1) is 20.9. The highest BCUT2D eigenvalue weighted by atomic mass is 35.5. The van der Waals surface area contributed by atoms with E-state index in [1.165, 1.54) is 0 Å². The zero-order valence-corrected chi connectivity index (χ0v) is 17.1. The van der Waals surface area contributed by atoms with Gasteiger partial charge in [0.1, 0.15) is 5.56 Å². The van der Waals surface area contributed by atoms with Crippen molar-refractivity contribution in [2.45, 2.75) is 19.6 Å². The summed E-state index contributed by atoms with van der Waals surface area (Å²) in [4.78, 5) is 18.8. The molecule has 1 fully saturated rings. The number of halogens is 2. The first-order chi connectivity index (χ1) is 13.6. The summed E-state index contributed by atoms with van der Waals surface area (Å²) in [7, 11) is 0. The number of benzene rings is 1. The Hall–Kier alpha value is -1.86. The maximum absolute atomic E-state index is 12.9. The van der Waals surface area contributed by atoms with Crippen LogP contribution in [-0.4, -0.2) is 54.8 Å². The van der Waals surface area contributed by atoms with Crippen LogP contribution in [0.2, 0.25) is 10.0 Å². The van der Waals surface area contributed by atoms with Gasteiger partial charge in [0.2, 0.25) is 5.88 Å². The highest BCUT2D eigenvalue weighted by Gasteiger charge is 2.27. The van der Waals surface area contributed by atoms with Crippen LogP contribution in [0.5, 0.6) is 5.88 Å². The Bertz CT molecular complexity index is 798. The van der Waals surface area contributed by atoms with E-state index in [9.17, 15) is 4.79 Å². The van der Waals surface area contributed by atoms with E-state index in [-0.39, 0.29) is 18.6 Å². The zero-order valence-electron chi connectivity index (χ0n) is 15.6. The van der Waals surface area contributed by atoms with E-state index in [0.717, 1.165) is 5.56 Å². The van der Waals surface area contributed by atoms with Crippen LogP contribution in [-0.2, 0) is 16.1 Å². The van der Waals surface area contributed by atoms with Crippen molar-refractivity contribution in [3.8, 4) is 5.88 Å². The molecule has 8 heteroatoms. The van der Waals surface area contributed by atoms with Gasteiger partial charge in [-0.2, -0.15) is 0 Å². The molecular weight excluding hydrogens is 403 g/mol. The maximum atomic E-state index is 12.9. The van der Waals surface area contributed by atoms with Gasteiger partial charge in [-0.05, 0) is 31.2 Å². The van der Waals surface area contributed by atoms with Gasteiger partial charge in [-0.25, -0.2) is 4.98 Å². The number of hydrogen-bond acceptors (Lipinski definition) is 5. The van der Waals surface area contributed by atoms with Crippen molar-refractivity contribution in [3.05, 3.63) is 57.7 Å². The average Bonchev–Trinajstić information content (AvgIpc) is 2.71. The quantitative estimate of drug-likeness (QED) is 0.675. The molecule has 150 valence electrons. The Kier molecular flexibility index (Phi) is 7.50. The van der Waals surface area contributed by atoms with Gasteiger partial charge in [-0.15, -0.1) is 0 Å². The standard InChI is InChI=1S/C20H22Cl2N2O4/c1-2-27-19-15(5-4-8-23-19)20(25)24-9-10-28-14(11-24)12-26-13-16-17(21)6-3-7-18(16)22/h3-8,14H,2,9-13H2,1H3. The summed E-state index contributed by atoms with van der Waals surface area (Å²) in [5.74, 6) is 0.224. The Morgan fingerprint density at radius 1 is 1.29 bits per heavy atom. The van der Waals surface area contributed by atoms with Crippen LogP contribution in [0.25, 0.3) is 0 Å². The molecule has 0 bridgehead atoms. The monoisotopic (exact) mass is 424 g/mol. The van der Waals surface area contributed by atoms with Gasteiger partial charge >= 0.3 is 0 Å². The van der Waals surface area contributed by atoms with Crippen molar-refractivity contribution in [1.29, 1.82) is 0 Å². The molecule has 28 heavy (non-hydrogen) atoms. The molecule has 2 heterocycles. The third kappa shape index (κ3) is 5.14. The predicted molar refractivity (Wildman–Crippen MR) is 107 cm³/mol. The second kappa shape index (κ2) is 10.1. The molecule has 0 spiro atoms. The smallest absolute Gasteiger partial charge is 0.259 e. The fraction of sp³-hybridized carbons (Fsp3) is 0.400. The number of pyridine rings is 1. The summed E-state index contributed by atoms with van der Waals surface area (Å²) in [6.07, 6.45) is 1.38. The van der Waals surface area contributed by atoms with Gasteiger partial charge < -0.3 is 19.1 Å². The van der Waals surface area contributed by atoms with Crippen LogP contribution < -0.4 is 4.74 Å². The first-order valence-electron chi connectivity index (χ1n) is 9.09. The lowest BCUT2D eigenvalue weighted by atomic mass is 10.2. The lowest BCUT2D eigenvalue weighted by Gasteiger charge is -2.33. The second-order valence-corrected chi connectivity index (χ2v) is 7.06. The molecule has 1 aromatic heterocycles. The van der Waals surface area contributed by atoms with Crippen LogP contribution in [0, 0.1) is 0 Å². The average molecular weight is 425 g/mol. The Balaban J connectivity index is 1.57. The topological polar surface area (TPSA) is 60.9 Å². The molecule has 0 aliphatic carbocycles. The fourth-order valence-corrected chi connectivity index (χ4v) is 3.45. The SMILES string of the molecule is CCOc1ncccc1C(=O)N1CCOC(COCc2c(Cl)cccc2Cl)C1. The number of morpholine rings is 1. The lowest BCUT2D eigenvalue weighted by molar-refractivity contribution is -0.0647. The fourth-order valence-electron chi connectivity index (χ4n) is 2.94. The molecule has 3 rings (SSSR count). The lowest BCUT2D eigenvalue weighted by Crippen LogP contribution is -2.47. The molecule has 1 aliphatic rings. The molecule has 0 N–H and O–H groups in total. The number of hydrogen-bond donors (Lipinski definition) is 0. The van der Waals surface area contributed by atoms with E-state index >= 15 is 0 Å². The van der Waals surface area contributed by atoms with Gasteiger partial charge in [-0.1, -0.05) is 29.3 Å². The second-order valence-electron chi connectivity index (χ2n) is 6.25. The van der Waals surface area contributed by atoms with Gasteiger partial charge in [0.15, 0.2) is 0 Å². The molecule has 0 radical (unpaired) electrons. The maximum Gasteiger partial charge on any atom is 0.259 e. The number of ether oxygens (including phenoxy) is 3. The molecule has 1 atom stereocenters. The van der Waals surface area contributed by atoms with E-state index in [4.69, 9.17) is 37.4 Å². The number of carbonyl (C=O) groups excluding carboxylic acids is 1. The van der Waals surface area contributed by atoms with Gasteiger partial charge in [0, 0.05) is 34.9 Å². The summed E-state index contributed by atoms with van der Waals surface area (Å²) in [6.45, 7) is 4.29. The van der Waals surface area contributed by atoms with Gasteiger partial charge in [0.05, 0.1) is 32.5 Å². The molecule has 1 aliphatic heterocycles. The summed E-state index contributed by atoms with van der Waals surface area (Å²) in [6, 6.07) is 8.78. The molecule has 1 unspecified atom stereocenters. The number of carbonyl (C=O) groups is 1. The largest absolute Gasteiger partial charge is 0.477 e. The minimum absolute atomic E-state index is 0.126.